The average Bonchev–Trinajstić information content (AvgIpc) is 3.30. The molecule has 0 aliphatic carbocycles. The summed E-state index contributed by atoms with van der Waals surface area (Å²) in [6.07, 6.45) is -9.42. The molecule has 0 aliphatic heterocycles. The third-order valence-electron chi connectivity index (χ3n) is 5.70. The molecule has 0 atom stereocenters. The molecule has 0 saturated heterocycles. The van der Waals surface area contributed by atoms with Crippen LogP contribution in [0.3, 0.4) is 0 Å². The van der Waals surface area contributed by atoms with Crippen LogP contribution in [0.15, 0.2) is 27.9 Å². The highest BCUT2D eigenvalue weighted by molar-refractivity contribution is 7.99. The number of nitrogens with zero attached hydrogens (tertiary/aromatic N) is 5. The van der Waals surface area contributed by atoms with E-state index in [9.17, 15) is 31.1 Å². The molecule has 0 unspecified atom stereocenters. The number of halogens is 6. The standard InChI is InChI=1S/C22H21F6N5OS/c1-5-32-14-10-15(35-7-3)11(8-12(14)30-20(32)22(26,27)28)18-29-13-9-16(21(23,24)25)33(6-2)19(34)17(13)31(18)4/h8-10H,5-7H2,1-4H3. The minimum absolute atomic E-state index is 0.0301. The largest absolute Gasteiger partial charge is 0.449 e. The second-order valence-electron chi connectivity index (χ2n) is 7.75. The lowest BCUT2D eigenvalue weighted by Gasteiger charge is -2.14. The molecule has 3 aromatic heterocycles. The van der Waals surface area contributed by atoms with Crippen LogP contribution in [0.4, 0.5) is 26.3 Å². The Morgan fingerprint density at radius 3 is 2.09 bits per heavy atom. The Bertz CT molecular complexity index is 1500. The number of hydrogen-bond donors (Lipinski definition) is 0. The molecule has 13 heteroatoms. The van der Waals surface area contributed by atoms with E-state index < -0.39 is 29.4 Å². The van der Waals surface area contributed by atoms with E-state index in [2.05, 4.69) is 9.97 Å². The van der Waals surface area contributed by atoms with Gasteiger partial charge < -0.3 is 13.7 Å². The molecule has 0 saturated carbocycles. The van der Waals surface area contributed by atoms with Gasteiger partial charge >= 0.3 is 12.4 Å². The first-order valence-electron chi connectivity index (χ1n) is 10.7. The van der Waals surface area contributed by atoms with E-state index in [1.165, 1.54) is 36.4 Å². The summed E-state index contributed by atoms with van der Waals surface area (Å²) in [5.74, 6) is -0.294. The summed E-state index contributed by atoms with van der Waals surface area (Å²) in [5.41, 5.74) is -1.40. The predicted octanol–water partition coefficient (Wildman–Crippen LogP) is 5.94. The van der Waals surface area contributed by atoms with Crippen LogP contribution in [-0.2, 0) is 32.5 Å². The Kier molecular flexibility index (Phi) is 6.18. The Hall–Kier alpha value is -2.96. The minimum Gasteiger partial charge on any atom is -0.323 e. The van der Waals surface area contributed by atoms with Crippen LogP contribution in [0.2, 0.25) is 0 Å². The van der Waals surface area contributed by atoms with Crippen LogP contribution in [0.5, 0.6) is 0 Å². The van der Waals surface area contributed by atoms with Crippen LogP contribution in [-0.4, -0.2) is 29.4 Å². The van der Waals surface area contributed by atoms with Gasteiger partial charge in [-0.2, -0.15) is 26.3 Å². The van der Waals surface area contributed by atoms with Gasteiger partial charge in [-0.25, -0.2) is 9.97 Å². The smallest absolute Gasteiger partial charge is 0.323 e. The third-order valence-corrected chi connectivity index (χ3v) is 6.64. The van der Waals surface area contributed by atoms with Crippen molar-refractivity contribution in [1.29, 1.82) is 0 Å². The van der Waals surface area contributed by atoms with Crippen molar-refractivity contribution in [3.05, 3.63) is 40.1 Å². The van der Waals surface area contributed by atoms with Gasteiger partial charge in [0.2, 0.25) is 5.82 Å². The van der Waals surface area contributed by atoms with Gasteiger partial charge in [-0.1, -0.05) is 6.92 Å². The quantitative estimate of drug-likeness (QED) is 0.243. The number of rotatable bonds is 5. The van der Waals surface area contributed by atoms with Gasteiger partial charge in [0.05, 0.1) is 16.6 Å². The number of imidazole rings is 2. The zero-order valence-electron chi connectivity index (χ0n) is 19.2. The number of fused-ring (bicyclic) bond motifs is 2. The fraction of sp³-hybridized carbons (Fsp3) is 0.409. The fourth-order valence-electron chi connectivity index (χ4n) is 4.25. The van der Waals surface area contributed by atoms with Crippen molar-refractivity contribution >= 4 is 33.8 Å². The van der Waals surface area contributed by atoms with Gasteiger partial charge in [0.25, 0.3) is 5.56 Å². The monoisotopic (exact) mass is 517 g/mol. The Labute approximate surface area is 199 Å². The predicted molar refractivity (Wildman–Crippen MR) is 121 cm³/mol. The Balaban J connectivity index is 2.06. The molecule has 188 valence electrons. The molecule has 0 N–H and O–H groups in total. The maximum Gasteiger partial charge on any atom is 0.449 e. The summed E-state index contributed by atoms with van der Waals surface area (Å²) in [5, 5.41) is 0. The molecule has 4 aromatic rings. The van der Waals surface area contributed by atoms with Crippen molar-refractivity contribution in [1.82, 2.24) is 23.7 Å². The van der Waals surface area contributed by atoms with Crippen molar-refractivity contribution in [3.63, 3.8) is 0 Å². The molecule has 0 bridgehead atoms. The summed E-state index contributed by atoms with van der Waals surface area (Å²) in [6.45, 7) is 4.73. The maximum absolute atomic E-state index is 13.6. The molecule has 0 radical (unpaired) electrons. The Morgan fingerprint density at radius 1 is 0.886 bits per heavy atom. The molecule has 0 spiro atoms. The lowest BCUT2D eigenvalue weighted by molar-refractivity contribution is -0.147. The molecule has 4 rings (SSSR count). The van der Waals surface area contributed by atoms with E-state index in [0.717, 1.165) is 10.6 Å². The lowest BCUT2D eigenvalue weighted by atomic mass is 10.2. The highest BCUT2D eigenvalue weighted by Crippen LogP contribution is 2.39. The number of alkyl halides is 6. The lowest BCUT2D eigenvalue weighted by Crippen LogP contribution is -2.28. The van der Waals surface area contributed by atoms with Crippen LogP contribution >= 0.6 is 11.8 Å². The SMILES string of the molecule is CCSc1cc2c(cc1-c1nc3cc(C(F)(F)F)n(CC)c(=O)c3n1C)nc(C(F)(F)F)n2CC. The van der Waals surface area contributed by atoms with Crippen LogP contribution in [0, 0.1) is 0 Å². The zero-order valence-corrected chi connectivity index (χ0v) is 20.0. The van der Waals surface area contributed by atoms with Gasteiger partial charge in [0.15, 0.2) is 0 Å². The summed E-state index contributed by atoms with van der Waals surface area (Å²) in [4.78, 5) is 21.7. The van der Waals surface area contributed by atoms with Crippen LogP contribution < -0.4 is 5.56 Å². The molecular formula is C22H21F6N5OS. The van der Waals surface area contributed by atoms with E-state index in [0.29, 0.717) is 20.8 Å². The van der Waals surface area contributed by atoms with Gasteiger partial charge in [-0.05, 0) is 37.8 Å². The van der Waals surface area contributed by atoms with E-state index in [4.69, 9.17) is 0 Å². The van der Waals surface area contributed by atoms with E-state index >= 15 is 0 Å². The van der Waals surface area contributed by atoms with Gasteiger partial charge in [0, 0.05) is 30.6 Å². The topological polar surface area (TPSA) is 57.6 Å². The summed E-state index contributed by atoms with van der Waals surface area (Å²) in [7, 11) is 1.50. The first-order valence-corrected chi connectivity index (χ1v) is 11.7. The first-order chi connectivity index (χ1) is 16.3. The van der Waals surface area contributed by atoms with E-state index in [-0.39, 0.29) is 41.0 Å². The summed E-state index contributed by atoms with van der Waals surface area (Å²) >= 11 is 1.35. The van der Waals surface area contributed by atoms with Crippen molar-refractivity contribution in [2.45, 2.75) is 51.1 Å². The number of hydrogen-bond acceptors (Lipinski definition) is 4. The van der Waals surface area contributed by atoms with E-state index in [1.807, 2.05) is 6.92 Å². The van der Waals surface area contributed by atoms with Gasteiger partial charge in [-0.3, -0.25) is 4.79 Å². The highest BCUT2D eigenvalue weighted by Gasteiger charge is 2.38. The normalized spacial score (nSPS) is 12.9. The molecule has 0 amide bonds. The molecule has 3 heterocycles. The highest BCUT2D eigenvalue weighted by atomic mass is 32.2. The van der Waals surface area contributed by atoms with Crippen molar-refractivity contribution in [2.75, 3.05) is 5.75 Å². The van der Waals surface area contributed by atoms with Crippen LogP contribution in [0.25, 0.3) is 33.5 Å². The molecule has 35 heavy (non-hydrogen) atoms. The number of aryl methyl sites for hydroxylation is 2. The average molecular weight is 517 g/mol. The molecule has 0 aliphatic rings. The number of thioether (sulfide) groups is 1. The van der Waals surface area contributed by atoms with Crippen molar-refractivity contribution in [2.24, 2.45) is 7.05 Å². The number of aromatic nitrogens is 5. The zero-order chi connectivity index (χ0) is 25.9. The number of pyridine rings is 1. The Morgan fingerprint density at radius 2 is 1.54 bits per heavy atom. The molecular weight excluding hydrogens is 496 g/mol. The minimum atomic E-state index is -4.76. The van der Waals surface area contributed by atoms with Crippen molar-refractivity contribution < 1.29 is 26.3 Å². The summed E-state index contributed by atoms with van der Waals surface area (Å²) in [6, 6.07) is 3.84. The second kappa shape index (κ2) is 8.61. The first kappa shape index (κ1) is 25.1. The van der Waals surface area contributed by atoms with E-state index in [1.54, 1.807) is 13.0 Å². The van der Waals surface area contributed by atoms with Gasteiger partial charge in [0.1, 0.15) is 17.0 Å². The third kappa shape index (κ3) is 4.09. The van der Waals surface area contributed by atoms with Gasteiger partial charge in [-0.15, -0.1) is 11.8 Å². The molecule has 1 aromatic carbocycles. The molecule has 6 nitrogen and oxygen atoms in total. The maximum atomic E-state index is 13.6. The fourth-order valence-corrected chi connectivity index (χ4v) is 5.06. The van der Waals surface area contributed by atoms with Crippen molar-refractivity contribution in [3.8, 4) is 11.4 Å². The second-order valence-corrected chi connectivity index (χ2v) is 9.06. The molecule has 0 fully saturated rings. The number of benzene rings is 1. The summed E-state index contributed by atoms with van der Waals surface area (Å²) < 4.78 is 84.5. The van der Waals surface area contributed by atoms with Crippen LogP contribution in [0.1, 0.15) is 32.3 Å².